The van der Waals surface area contributed by atoms with Crippen LogP contribution in [0.25, 0.3) is 0 Å². The zero-order chi connectivity index (χ0) is 14.5. The Bertz CT molecular complexity index is 515. The highest BCUT2D eigenvalue weighted by molar-refractivity contribution is 5.14. The fourth-order valence-corrected chi connectivity index (χ4v) is 3.07. The van der Waals surface area contributed by atoms with Gasteiger partial charge in [-0.05, 0) is 50.6 Å². The fraction of sp³-hybridized carbons (Fsp3) is 0.444. The molecule has 2 heterocycles. The smallest absolute Gasteiger partial charge is 0.120 e. The normalized spacial score (nSPS) is 18.7. The lowest BCUT2D eigenvalue weighted by atomic mass is 10.0. The van der Waals surface area contributed by atoms with Gasteiger partial charge in [-0.3, -0.25) is 4.90 Å². The molecule has 1 atom stereocenters. The van der Waals surface area contributed by atoms with Crippen LogP contribution in [0.15, 0.2) is 53.1 Å². The van der Waals surface area contributed by atoms with Crippen molar-refractivity contribution in [2.45, 2.75) is 38.4 Å². The lowest BCUT2D eigenvalue weighted by molar-refractivity contribution is 0.183. The Balaban J connectivity index is 1.45. The number of piperidine rings is 1. The topological polar surface area (TPSA) is 28.4 Å². The third kappa shape index (κ3) is 3.96. The summed E-state index contributed by atoms with van der Waals surface area (Å²) >= 11 is 0. The molecule has 1 aliphatic heterocycles. The minimum absolute atomic E-state index is 0.297. The third-order valence-electron chi connectivity index (χ3n) is 4.29. The van der Waals surface area contributed by atoms with E-state index in [-0.39, 0.29) is 0 Å². The summed E-state index contributed by atoms with van der Waals surface area (Å²) in [5.41, 5.74) is 1.41. The molecule has 21 heavy (non-hydrogen) atoms. The first kappa shape index (κ1) is 14.4. The second kappa shape index (κ2) is 6.92. The highest BCUT2D eigenvalue weighted by atomic mass is 16.3. The number of hydrogen-bond acceptors (Lipinski definition) is 3. The lowest BCUT2D eigenvalue weighted by Gasteiger charge is -2.33. The van der Waals surface area contributed by atoms with Crippen molar-refractivity contribution in [3.63, 3.8) is 0 Å². The average Bonchev–Trinajstić information content (AvgIpc) is 3.05. The highest BCUT2D eigenvalue weighted by Crippen LogP contribution is 2.18. The van der Waals surface area contributed by atoms with Gasteiger partial charge in [0.1, 0.15) is 5.76 Å². The number of benzene rings is 1. The van der Waals surface area contributed by atoms with Crippen molar-refractivity contribution in [2.24, 2.45) is 0 Å². The summed E-state index contributed by atoms with van der Waals surface area (Å²) in [6, 6.07) is 15.6. The van der Waals surface area contributed by atoms with Crippen molar-refractivity contribution in [1.29, 1.82) is 0 Å². The molecule has 112 valence electrons. The van der Waals surface area contributed by atoms with Gasteiger partial charge in [0.15, 0.2) is 0 Å². The number of rotatable bonds is 5. The zero-order valence-electron chi connectivity index (χ0n) is 12.7. The molecular formula is C18H24N2O. The maximum atomic E-state index is 5.46. The SMILES string of the molecule is C[C@H](NC1CCN(Cc2ccccc2)CC1)c1ccco1. The van der Waals surface area contributed by atoms with Crippen molar-refractivity contribution in [1.82, 2.24) is 10.2 Å². The Morgan fingerprint density at radius 3 is 2.57 bits per heavy atom. The van der Waals surface area contributed by atoms with Crippen LogP contribution in [-0.4, -0.2) is 24.0 Å². The number of nitrogens with zero attached hydrogens (tertiary/aromatic N) is 1. The summed E-state index contributed by atoms with van der Waals surface area (Å²) in [6.07, 6.45) is 4.16. The third-order valence-corrected chi connectivity index (χ3v) is 4.29. The minimum Gasteiger partial charge on any atom is -0.468 e. The molecule has 0 unspecified atom stereocenters. The minimum atomic E-state index is 0.297. The molecule has 0 amide bonds. The average molecular weight is 284 g/mol. The Morgan fingerprint density at radius 2 is 1.90 bits per heavy atom. The standard InChI is InChI=1S/C18H24N2O/c1-15(18-8-5-13-21-18)19-17-9-11-20(12-10-17)14-16-6-3-2-4-7-16/h2-8,13,15,17,19H,9-12,14H2,1H3/t15-/m0/s1. The molecule has 1 aromatic heterocycles. The van der Waals surface area contributed by atoms with Crippen LogP contribution in [0.2, 0.25) is 0 Å². The molecule has 0 aliphatic carbocycles. The quantitative estimate of drug-likeness (QED) is 0.909. The monoisotopic (exact) mass is 284 g/mol. The van der Waals surface area contributed by atoms with E-state index >= 15 is 0 Å². The van der Waals surface area contributed by atoms with E-state index in [1.807, 2.05) is 12.1 Å². The predicted molar refractivity (Wildman–Crippen MR) is 85.0 cm³/mol. The molecular weight excluding hydrogens is 260 g/mol. The van der Waals surface area contributed by atoms with Crippen molar-refractivity contribution in [3.8, 4) is 0 Å². The van der Waals surface area contributed by atoms with E-state index in [1.165, 1.54) is 18.4 Å². The molecule has 0 spiro atoms. The van der Waals surface area contributed by atoms with Gasteiger partial charge >= 0.3 is 0 Å². The van der Waals surface area contributed by atoms with Gasteiger partial charge in [0, 0.05) is 12.6 Å². The van der Waals surface area contributed by atoms with E-state index < -0.39 is 0 Å². The molecule has 1 saturated heterocycles. The molecule has 3 rings (SSSR count). The second-order valence-corrected chi connectivity index (χ2v) is 5.94. The first-order valence-corrected chi connectivity index (χ1v) is 7.87. The molecule has 0 radical (unpaired) electrons. The lowest BCUT2D eigenvalue weighted by Crippen LogP contribution is -2.42. The van der Waals surface area contributed by atoms with Crippen LogP contribution in [0, 0.1) is 0 Å². The highest BCUT2D eigenvalue weighted by Gasteiger charge is 2.21. The molecule has 1 aromatic carbocycles. The molecule has 3 nitrogen and oxygen atoms in total. The molecule has 1 aliphatic rings. The van der Waals surface area contributed by atoms with Gasteiger partial charge in [0.2, 0.25) is 0 Å². The van der Waals surface area contributed by atoms with E-state index in [0.717, 1.165) is 25.4 Å². The Hall–Kier alpha value is -1.58. The van der Waals surface area contributed by atoms with Gasteiger partial charge in [-0.1, -0.05) is 30.3 Å². The predicted octanol–water partition coefficient (Wildman–Crippen LogP) is 3.59. The molecule has 3 heteroatoms. The Morgan fingerprint density at radius 1 is 1.14 bits per heavy atom. The van der Waals surface area contributed by atoms with Gasteiger partial charge < -0.3 is 9.73 Å². The van der Waals surface area contributed by atoms with E-state index in [9.17, 15) is 0 Å². The van der Waals surface area contributed by atoms with Crippen LogP contribution in [0.1, 0.15) is 37.1 Å². The maximum absolute atomic E-state index is 5.46. The molecule has 0 saturated carbocycles. The first-order valence-electron chi connectivity index (χ1n) is 7.87. The molecule has 0 bridgehead atoms. The summed E-state index contributed by atoms with van der Waals surface area (Å²) in [5, 5.41) is 3.69. The van der Waals surface area contributed by atoms with Gasteiger partial charge in [-0.25, -0.2) is 0 Å². The van der Waals surface area contributed by atoms with Gasteiger partial charge in [-0.15, -0.1) is 0 Å². The van der Waals surface area contributed by atoms with Crippen molar-refractivity contribution in [2.75, 3.05) is 13.1 Å². The van der Waals surface area contributed by atoms with Crippen LogP contribution >= 0.6 is 0 Å². The molecule has 1 N–H and O–H groups in total. The van der Waals surface area contributed by atoms with E-state index in [2.05, 4.69) is 47.5 Å². The molecule has 2 aromatic rings. The number of furan rings is 1. The summed E-state index contributed by atoms with van der Waals surface area (Å²) in [4.78, 5) is 2.55. The van der Waals surface area contributed by atoms with Crippen LogP contribution < -0.4 is 5.32 Å². The van der Waals surface area contributed by atoms with Crippen LogP contribution in [0.3, 0.4) is 0 Å². The van der Waals surface area contributed by atoms with Crippen LogP contribution in [-0.2, 0) is 6.54 Å². The van der Waals surface area contributed by atoms with Crippen molar-refractivity contribution >= 4 is 0 Å². The molecule has 1 fully saturated rings. The number of likely N-dealkylation sites (tertiary alicyclic amines) is 1. The number of hydrogen-bond donors (Lipinski definition) is 1. The summed E-state index contributed by atoms with van der Waals surface area (Å²) < 4.78 is 5.46. The largest absolute Gasteiger partial charge is 0.468 e. The Labute approximate surface area is 127 Å². The van der Waals surface area contributed by atoms with E-state index in [0.29, 0.717) is 12.1 Å². The van der Waals surface area contributed by atoms with Crippen LogP contribution in [0.5, 0.6) is 0 Å². The summed E-state index contributed by atoms with van der Waals surface area (Å²) in [6.45, 7) is 5.57. The zero-order valence-corrected chi connectivity index (χ0v) is 12.7. The fourth-order valence-electron chi connectivity index (χ4n) is 3.07. The van der Waals surface area contributed by atoms with Crippen molar-refractivity contribution < 1.29 is 4.42 Å². The van der Waals surface area contributed by atoms with Gasteiger partial charge in [0.05, 0.1) is 12.3 Å². The van der Waals surface area contributed by atoms with Gasteiger partial charge in [0.25, 0.3) is 0 Å². The maximum Gasteiger partial charge on any atom is 0.120 e. The summed E-state index contributed by atoms with van der Waals surface area (Å²) in [7, 11) is 0. The second-order valence-electron chi connectivity index (χ2n) is 5.94. The number of nitrogens with one attached hydrogen (secondary N) is 1. The van der Waals surface area contributed by atoms with Crippen LogP contribution in [0.4, 0.5) is 0 Å². The van der Waals surface area contributed by atoms with E-state index in [4.69, 9.17) is 4.42 Å². The first-order chi connectivity index (χ1) is 10.3. The Kier molecular flexibility index (Phi) is 4.73. The van der Waals surface area contributed by atoms with Gasteiger partial charge in [-0.2, -0.15) is 0 Å². The van der Waals surface area contributed by atoms with Crippen molar-refractivity contribution in [3.05, 3.63) is 60.1 Å². The van der Waals surface area contributed by atoms with E-state index in [1.54, 1.807) is 6.26 Å². The summed E-state index contributed by atoms with van der Waals surface area (Å²) in [5.74, 6) is 1.03.